The lowest BCUT2D eigenvalue weighted by molar-refractivity contribution is 0.102. The number of fused-ring (bicyclic) bond motifs is 1. The number of piperidine rings is 1. The van der Waals surface area contributed by atoms with Crippen molar-refractivity contribution >= 4 is 22.6 Å². The Hall–Kier alpha value is -3.51. The summed E-state index contributed by atoms with van der Waals surface area (Å²) in [5, 5.41) is 4.04. The van der Waals surface area contributed by atoms with E-state index in [1.54, 1.807) is 6.20 Å². The van der Waals surface area contributed by atoms with Crippen molar-refractivity contribution in [3.63, 3.8) is 0 Å². The summed E-state index contributed by atoms with van der Waals surface area (Å²) >= 11 is 0. The summed E-state index contributed by atoms with van der Waals surface area (Å²) in [6.45, 7) is 5.77. The van der Waals surface area contributed by atoms with Gasteiger partial charge in [-0.1, -0.05) is 19.1 Å². The smallest absolute Gasteiger partial charge is 0.274 e. The Morgan fingerprint density at radius 2 is 1.97 bits per heavy atom. The number of H-pyrrole nitrogens is 1. The van der Waals surface area contributed by atoms with Crippen molar-refractivity contribution in [1.82, 2.24) is 19.9 Å². The third kappa shape index (κ3) is 5.12. The Labute approximate surface area is 194 Å². The third-order valence-corrected chi connectivity index (χ3v) is 6.50. The molecule has 2 N–H and O–H groups in total. The van der Waals surface area contributed by atoms with Gasteiger partial charge in [-0.05, 0) is 85.8 Å². The lowest BCUT2D eigenvalue weighted by Gasteiger charge is -2.30. The molecule has 0 aliphatic carbocycles. The van der Waals surface area contributed by atoms with Crippen LogP contribution in [-0.4, -0.2) is 45.4 Å². The van der Waals surface area contributed by atoms with Gasteiger partial charge < -0.3 is 15.2 Å². The number of carbonyl (C=O) groups is 1. The van der Waals surface area contributed by atoms with Gasteiger partial charge in [0.25, 0.3) is 5.91 Å². The molecular weight excluding hydrogens is 410 g/mol. The van der Waals surface area contributed by atoms with Crippen molar-refractivity contribution < 1.29 is 4.79 Å². The highest BCUT2D eigenvalue weighted by Gasteiger charge is 2.15. The monoisotopic (exact) mass is 439 g/mol. The maximum absolute atomic E-state index is 12.9. The molecule has 0 unspecified atom stereocenters. The van der Waals surface area contributed by atoms with Gasteiger partial charge in [0.15, 0.2) is 0 Å². The van der Waals surface area contributed by atoms with E-state index in [0.717, 1.165) is 46.7 Å². The predicted octanol–water partition coefficient (Wildman–Crippen LogP) is 5.15. The lowest BCUT2D eigenvalue weighted by atomic mass is 9.99. The normalized spacial score (nSPS) is 15.1. The summed E-state index contributed by atoms with van der Waals surface area (Å²) in [6, 6.07) is 15.9. The molecule has 33 heavy (non-hydrogen) atoms. The molecule has 1 fully saturated rings. The Morgan fingerprint density at radius 3 is 2.85 bits per heavy atom. The van der Waals surface area contributed by atoms with Crippen LogP contribution in [0.25, 0.3) is 22.2 Å². The summed E-state index contributed by atoms with van der Waals surface area (Å²) in [4.78, 5) is 27.3. The van der Waals surface area contributed by atoms with E-state index in [-0.39, 0.29) is 5.91 Å². The summed E-state index contributed by atoms with van der Waals surface area (Å²) in [7, 11) is 0. The Kier molecular flexibility index (Phi) is 6.17. The van der Waals surface area contributed by atoms with Crippen molar-refractivity contribution in [2.24, 2.45) is 5.92 Å². The number of carbonyl (C=O) groups excluding carboxylic acids is 1. The zero-order chi connectivity index (χ0) is 22.6. The average molecular weight is 440 g/mol. The van der Waals surface area contributed by atoms with Crippen LogP contribution < -0.4 is 5.32 Å². The highest BCUT2D eigenvalue weighted by Crippen LogP contribution is 2.23. The van der Waals surface area contributed by atoms with Crippen LogP contribution in [0.2, 0.25) is 0 Å². The molecule has 4 aromatic rings. The van der Waals surface area contributed by atoms with Gasteiger partial charge >= 0.3 is 0 Å². The number of rotatable bonds is 6. The number of nitrogens with zero attached hydrogens (tertiary/aromatic N) is 3. The number of benzene rings is 1. The van der Waals surface area contributed by atoms with Crippen molar-refractivity contribution in [2.75, 3.05) is 25.0 Å². The number of pyridine rings is 2. The van der Waals surface area contributed by atoms with E-state index in [1.807, 2.05) is 42.7 Å². The van der Waals surface area contributed by atoms with Crippen LogP contribution in [0, 0.1) is 5.92 Å². The van der Waals surface area contributed by atoms with E-state index in [9.17, 15) is 4.79 Å². The number of aromatic amines is 1. The van der Waals surface area contributed by atoms with Crippen LogP contribution in [0.3, 0.4) is 0 Å². The second kappa shape index (κ2) is 9.55. The van der Waals surface area contributed by atoms with Gasteiger partial charge in [0.2, 0.25) is 0 Å². The molecule has 6 heteroatoms. The summed E-state index contributed by atoms with van der Waals surface area (Å²) in [6.07, 6.45) is 8.91. The summed E-state index contributed by atoms with van der Waals surface area (Å²) < 4.78 is 0. The van der Waals surface area contributed by atoms with E-state index < -0.39 is 0 Å². The van der Waals surface area contributed by atoms with Gasteiger partial charge in [-0.15, -0.1) is 0 Å². The molecule has 6 nitrogen and oxygen atoms in total. The van der Waals surface area contributed by atoms with Crippen LogP contribution in [0.5, 0.6) is 0 Å². The quantitative estimate of drug-likeness (QED) is 0.436. The first-order valence-electron chi connectivity index (χ1n) is 11.7. The number of anilines is 1. The molecule has 3 aromatic heterocycles. The van der Waals surface area contributed by atoms with Gasteiger partial charge in [-0.25, -0.2) is 4.98 Å². The fourth-order valence-corrected chi connectivity index (χ4v) is 4.40. The molecule has 168 valence electrons. The minimum Gasteiger partial charge on any atom is -0.346 e. The summed E-state index contributed by atoms with van der Waals surface area (Å²) in [5.41, 5.74) is 5.13. The fraction of sp³-hybridized carbons (Fsp3) is 0.296. The van der Waals surface area contributed by atoms with Crippen LogP contribution in [0.1, 0.15) is 35.8 Å². The minimum atomic E-state index is -0.213. The largest absolute Gasteiger partial charge is 0.346 e. The van der Waals surface area contributed by atoms with Crippen LogP contribution in [-0.2, 0) is 6.42 Å². The van der Waals surface area contributed by atoms with E-state index in [0.29, 0.717) is 5.69 Å². The molecule has 1 aliphatic heterocycles. The number of amides is 1. The number of hydrogen-bond acceptors (Lipinski definition) is 4. The van der Waals surface area contributed by atoms with E-state index in [1.165, 1.54) is 31.5 Å². The van der Waals surface area contributed by atoms with E-state index in [2.05, 4.69) is 50.3 Å². The second-order valence-corrected chi connectivity index (χ2v) is 9.00. The number of aromatic nitrogens is 3. The van der Waals surface area contributed by atoms with Crippen LogP contribution in [0.15, 0.2) is 67.1 Å². The maximum Gasteiger partial charge on any atom is 0.274 e. The number of nitrogens with one attached hydrogen (secondary N) is 2. The molecule has 1 aromatic carbocycles. The van der Waals surface area contributed by atoms with Gasteiger partial charge in [-0.3, -0.25) is 9.78 Å². The highest BCUT2D eigenvalue weighted by atomic mass is 16.1. The minimum absolute atomic E-state index is 0.213. The molecule has 0 spiro atoms. The zero-order valence-corrected chi connectivity index (χ0v) is 18.9. The van der Waals surface area contributed by atoms with Crippen molar-refractivity contribution in [3.8, 4) is 11.1 Å². The molecule has 1 amide bonds. The molecule has 5 rings (SSSR count). The van der Waals surface area contributed by atoms with Gasteiger partial charge in [0.05, 0.1) is 0 Å². The zero-order valence-electron chi connectivity index (χ0n) is 18.9. The maximum atomic E-state index is 12.9. The molecule has 0 atom stereocenters. The first kappa shape index (κ1) is 21.3. The fourth-order valence-electron chi connectivity index (χ4n) is 4.40. The molecule has 0 saturated carbocycles. The topological polar surface area (TPSA) is 73.9 Å². The highest BCUT2D eigenvalue weighted by molar-refractivity contribution is 6.03. The third-order valence-electron chi connectivity index (χ3n) is 6.50. The predicted molar refractivity (Wildman–Crippen MR) is 132 cm³/mol. The van der Waals surface area contributed by atoms with E-state index in [4.69, 9.17) is 0 Å². The molecule has 1 aliphatic rings. The Balaban J connectivity index is 1.25. The standard InChI is InChI=1S/C27H29N5O/c1-19-7-12-32(13-8-19)14-9-20-3-2-4-24(15-20)31-27(33)25-17-21(5-10-28-25)23-16-22-6-11-29-26(22)30-18-23/h2-6,10-11,15-19H,7-9,12-14H2,1H3,(H,29,30)(H,31,33). The van der Waals surface area contributed by atoms with Crippen LogP contribution >= 0.6 is 0 Å². The van der Waals surface area contributed by atoms with Gasteiger partial charge in [0, 0.05) is 41.8 Å². The lowest BCUT2D eigenvalue weighted by Crippen LogP contribution is -2.34. The number of likely N-dealkylation sites (tertiary alicyclic amines) is 1. The molecule has 1 saturated heterocycles. The Bertz CT molecular complexity index is 1260. The van der Waals surface area contributed by atoms with Crippen molar-refractivity contribution in [1.29, 1.82) is 0 Å². The van der Waals surface area contributed by atoms with Crippen molar-refractivity contribution in [3.05, 3.63) is 78.4 Å². The van der Waals surface area contributed by atoms with E-state index >= 15 is 0 Å². The average Bonchev–Trinajstić information content (AvgIpc) is 3.32. The first-order valence-corrected chi connectivity index (χ1v) is 11.7. The van der Waals surface area contributed by atoms with Crippen molar-refractivity contribution in [2.45, 2.75) is 26.2 Å². The molecule has 0 radical (unpaired) electrons. The second-order valence-electron chi connectivity index (χ2n) is 9.00. The molecule has 0 bridgehead atoms. The first-order chi connectivity index (χ1) is 16.1. The SMILES string of the molecule is CC1CCN(CCc2cccc(NC(=O)c3cc(-c4cnc5[nH]ccc5c4)ccn3)c2)CC1. The molecular formula is C27H29N5O. The van der Waals surface area contributed by atoms with Gasteiger partial charge in [0.1, 0.15) is 11.3 Å². The molecule has 4 heterocycles. The number of hydrogen-bond donors (Lipinski definition) is 2. The summed E-state index contributed by atoms with van der Waals surface area (Å²) in [5.74, 6) is 0.634. The van der Waals surface area contributed by atoms with Crippen LogP contribution in [0.4, 0.5) is 5.69 Å². The Morgan fingerprint density at radius 1 is 1.09 bits per heavy atom. The van der Waals surface area contributed by atoms with Gasteiger partial charge in [-0.2, -0.15) is 0 Å².